The molecule has 0 fully saturated rings. The molecule has 0 aliphatic carbocycles. The van der Waals surface area contributed by atoms with Crippen LogP contribution in [0.5, 0.6) is 0 Å². The Hall–Kier alpha value is 0.960. The third kappa shape index (κ3) is 2.45. The van der Waals surface area contributed by atoms with E-state index in [1.165, 1.54) is 0 Å². The summed E-state index contributed by atoms with van der Waals surface area (Å²) in [5.41, 5.74) is 1.03. The van der Waals surface area contributed by atoms with E-state index in [-0.39, 0.29) is 0 Å². The highest BCUT2D eigenvalue weighted by atomic mass is 127. The van der Waals surface area contributed by atoms with Crippen LogP contribution in [0.1, 0.15) is 5.56 Å². The van der Waals surface area contributed by atoms with Crippen molar-refractivity contribution in [2.24, 2.45) is 0 Å². The molecule has 0 radical (unpaired) electrons. The molecule has 0 spiro atoms. The fourth-order valence-electron chi connectivity index (χ4n) is 0.702. The Kier molecular flexibility index (Phi) is 3.90. The average Bonchev–Trinajstić information content (AvgIpc) is 1.96. The zero-order valence-electron chi connectivity index (χ0n) is 5.70. The summed E-state index contributed by atoms with van der Waals surface area (Å²) in [4.78, 5) is 0.723. The van der Waals surface area contributed by atoms with E-state index in [1.54, 1.807) is 0 Å². The van der Waals surface area contributed by atoms with Gasteiger partial charge >= 0.3 is 0 Å². The van der Waals surface area contributed by atoms with Gasteiger partial charge in [-0.05, 0) is 69.8 Å². The topological polar surface area (TPSA) is 0 Å². The van der Waals surface area contributed by atoms with Gasteiger partial charge in [-0.25, -0.2) is 0 Å². The third-order valence-corrected chi connectivity index (χ3v) is 3.68. The van der Waals surface area contributed by atoms with E-state index in [0.717, 1.165) is 17.6 Å². The lowest BCUT2D eigenvalue weighted by molar-refractivity contribution is 0.930. The second kappa shape index (κ2) is 4.27. The van der Waals surface area contributed by atoms with E-state index in [0.29, 0.717) is 12.1 Å². The molecule has 4 heteroatoms. The number of halogens is 3. The summed E-state index contributed by atoms with van der Waals surface area (Å²) in [7, 11) is 0. The molecule has 11 heavy (non-hydrogen) atoms. The smallest absolute Gasteiger partial charge is 0.0815 e. The maximum Gasteiger partial charge on any atom is 0.0815 e. The highest BCUT2D eigenvalue weighted by molar-refractivity contribution is 14.1. The molecule has 0 aromatic heterocycles. The van der Waals surface area contributed by atoms with Crippen LogP contribution in [-0.4, -0.2) is 0 Å². The molecule has 0 nitrogen and oxygen atoms in total. The van der Waals surface area contributed by atoms with E-state index in [2.05, 4.69) is 45.2 Å². The molecule has 0 aliphatic heterocycles. The van der Waals surface area contributed by atoms with Crippen LogP contribution in [0.3, 0.4) is 0 Å². The van der Waals surface area contributed by atoms with Crippen LogP contribution in [0.15, 0.2) is 17.0 Å². The minimum atomic E-state index is 0.314. The molecule has 0 bridgehead atoms. The lowest BCUT2D eigenvalue weighted by Gasteiger charge is -2.02. The maximum absolute atomic E-state index is 12.3. The molecule has 60 valence electrons. The number of rotatable bonds is 1. The van der Waals surface area contributed by atoms with Crippen molar-refractivity contribution >= 4 is 57.3 Å². The van der Waals surface area contributed by atoms with Gasteiger partial charge in [-0.2, -0.15) is 3.89 Å². The zero-order chi connectivity index (χ0) is 8.43. The Morgan fingerprint density at radius 1 is 1.36 bits per heavy atom. The predicted molar refractivity (Wildman–Crippen MR) is 63.6 cm³/mol. The van der Waals surface area contributed by atoms with Crippen LogP contribution in [0.25, 0.3) is 0 Å². The van der Waals surface area contributed by atoms with Crippen LogP contribution < -0.4 is 0 Å². The van der Waals surface area contributed by atoms with Gasteiger partial charge in [0.25, 0.3) is 0 Å². The molecule has 0 heterocycles. The first-order valence-corrected chi connectivity index (χ1v) is 5.77. The Labute approximate surface area is 96.9 Å². The lowest BCUT2D eigenvalue weighted by atomic mass is 10.2. The second-order valence-corrected chi connectivity index (χ2v) is 5.09. The van der Waals surface area contributed by atoms with Crippen LogP contribution in [-0.2, 0) is 0 Å². The summed E-state index contributed by atoms with van der Waals surface area (Å²) in [5.74, 6) is 0. The van der Waals surface area contributed by atoms with Crippen molar-refractivity contribution in [3.05, 3.63) is 24.8 Å². The Morgan fingerprint density at radius 2 is 2.00 bits per heavy atom. The summed E-state index contributed by atoms with van der Waals surface area (Å²) >= 11 is 4.71. The van der Waals surface area contributed by atoms with E-state index in [1.807, 2.05) is 19.1 Å². The van der Waals surface area contributed by atoms with Gasteiger partial charge in [-0.15, -0.1) is 0 Å². The van der Waals surface area contributed by atoms with Crippen molar-refractivity contribution in [2.45, 2.75) is 11.8 Å². The summed E-state index contributed by atoms with van der Waals surface area (Å²) in [6, 6.07) is 3.89. The summed E-state index contributed by atoms with van der Waals surface area (Å²) in [6.45, 7) is 1.93. The first-order valence-electron chi connectivity index (χ1n) is 2.89. The van der Waals surface area contributed by atoms with Crippen molar-refractivity contribution < 1.29 is 3.89 Å². The van der Waals surface area contributed by atoms with Crippen LogP contribution >= 0.6 is 57.3 Å². The SMILES string of the molecule is Cc1c(I)cc(I)cc1SF. The summed E-state index contributed by atoms with van der Waals surface area (Å²) in [5, 5.41) is 0. The second-order valence-electron chi connectivity index (χ2n) is 2.09. The molecule has 1 rings (SSSR count). The highest BCUT2D eigenvalue weighted by Crippen LogP contribution is 2.28. The molecule has 0 atom stereocenters. The fourth-order valence-corrected chi connectivity index (χ4v) is 3.34. The summed E-state index contributed by atoms with van der Waals surface area (Å²) in [6.07, 6.45) is 0. The Bertz CT molecular complexity index is 275. The van der Waals surface area contributed by atoms with Gasteiger partial charge in [0, 0.05) is 12.0 Å². The normalized spacial score (nSPS) is 10.2. The van der Waals surface area contributed by atoms with Gasteiger partial charge in [0.2, 0.25) is 0 Å². The van der Waals surface area contributed by atoms with Gasteiger partial charge in [0.1, 0.15) is 0 Å². The first kappa shape index (κ1) is 10.0. The predicted octanol–water partition coefficient (Wildman–Crippen LogP) is 4.18. The number of hydrogen-bond donors (Lipinski definition) is 0. The van der Waals surface area contributed by atoms with Crippen molar-refractivity contribution in [2.75, 3.05) is 0 Å². The van der Waals surface area contributed by atoms with Gasteiger partial charge in [-0.3, -0.25) is 0 Å². The molecule has 0 aliphatic rings. The Morgan fingerprint density at radius 3 is 2.55 bits per heavy atom. The van der Waals surface area contributed by atoms with Gasteiger partial charge in [0.15, 0.2) is 0 Å². The van der Waals surface area contributed by atoms with Gasteiger partial charge < -0.3 is 0 Å². The lowest BCUT2D eigenvalue weighted by Crippen LogP contribution is -1.85. The molecular weight excluding hydrogens is 389 g/mol. The number of hydrogen-bond acceptors (Lipinski definition) is 1. The van der Waals surface area contributed by atoms with Gasteiger partial charge in [0.05, 0.1) is 12.1 Å². The van der Waals surface area contributed by atoms with Crippen molar-refractivity contribution in [1.82, 2.24) is 0 Å². The van der Waals surface area contributed by atoms with Gasteiger partial charge in [-0.1, -0.05) is 0 Å². The molecule has 0 N–H and O–H groups in total. The minimum absolute atomic E-state index is 0.314. The maximum atomic E-state index is 12.3. The first-order chi connectivity index (χ1) is 5.15. The van der Waals surface area contributed by atoms with Crippen LogP contribution in [0.4, 0.5) is 3.89 Å². The monoisotopic (exact) mass is 394 g/mol. The molecule has 0 saturated carbocycles. The zero-order valence-corrected chi connectivity index (χ0v) is 10.8. The average molecular weight is 394 g/mol. The van der Waals surface area contributed by atoms with E-state index in [9.17, 15) is 3.89 Å². The number of benzene rings is 1. The molecule has 0 amide bonds. The van der Waals surface area contributed by atoms with Crippen LogP contribution in [0, 0.1) is 14.1 Å². The quantitative estimate of drug-likeness (QED) is 0.645. The highest BCUT2D eigenvalue weighted by Gasteiger charge is 2.04. The molecular formula is C7H5FI2S. The van der Waals surface area contributed by atoms with E-state index < -0.39 is 0 Å². The molecule has 1 aromatic carbocycles. The Balaban J connectivity index is 3.24. The standard InChI is InChI=1S/C7H5FI2S/c1-4-6(10)2-5(9)3-7(4)11-8/h2-3H,1H3. The van der Waals surface area contributed by atoms with E-state index >= 15 is 0 Å². The molecule has 0 unspecified atom stereocenters. The molecule has 0 saturated heterocycles. The van der Waals surface area contributed by atoms with Crippen molar-refractivity contribution in [3.8, 4) is 0 Å². The van der Waals surface area contributed by atoms with E-state index in [4.69, 9.17) is 0 Å². The summed E-state index contributed by atoms with van der Waals surface area (Å²) < 4.78 is 14.5. The third-order valence-electron chi connectivity index (χ3n) is 1.34. The van der Waals surface area contributed by atoms with Crippen molar-refractivity contribution in [3.63, 3.8) is 0 Å². The largest absolute Gasteiger partial charge is 0.160 e. The molecule has 1 aromatic rings. The minimum Gasteiger partial charge on any atom is -0.160 e. The fraction of sp³-hybridized carbons (Fsp3) is 0.143. The van der Waals surface area contributed by atoms with Crippen molar-refractivity contribution in [1.29, 1.82) is 0 Å². The van der Waals surface area contributed by atoms with Crippen LogP contribution in [0.2, 0.25) is 0 Å².